The molecule has 0 saturated heterocycles. The van der Waals surface area contributed by atoms with E-state index in [0.29, 0.717) is 12.2 Å². The van der Waals surface area contributed by atoms with E-state index < -0.39 is 21.9 Å². The van der Waals surface area contributed by atoms with Crippen LogP contribution in [0.5, 0.6) is 5.75 Å². The number of anilines is 1. The maximum Gasteiger partial charge on any atom is 0.241 e. The zero-order chi connectivity index (χ0) is 19.2. The van der Waals surface area contributed by atoms with Crippen LogP contribution in [0.1, 0.15) is 6.92 Å². The van der Waals surface area contributed by atoms with Crippen molar-refractivity contribution in [2.24, 2.45) is 5.14 Å². The number of amides is 1. The monoisotopic (exact) mass is 381 g/mol. The first kappa shape index (κ1) is 19.8. The number of halogens is 1. The molecule has 0 heterocycles. The van der Waals surface area contributed by atoms with Crippen molar-refractivity contribution >= 4 is 21.6 Å². The Labute approximate surface area is 151 Å². The lowest BCUT2D eigenvalue weighted by Crippen LogP contribution is -2.40. The van der Waals surface area contributed by atoms with E-state index in [4.69, 9.17) is 9.88 Å². The van der Waals surface area contributed by atoms with E-state index in [1.54, 1.807) is 19.1 Å². The van der Waals surface area contributed by atoms with Gasteiger partial charge in [-0.2, -0.15) is 0 Å². The molecule has 0 saturated carbocycles. The third-order valence-corrected chi connectivity index (χ3v) is 4.42. The highest BCUT2D eigenvalue weighted by Crippen LogP contribution is 2.15. The highest BCUT2D eigenvalue weighted by Gasteiger charge is 2.13. The molecule has 9 heteroatoms. The molecule has 2 aromatic rings. The molecular weight excluding hydrogens is 361 g/mol. The van der Waals surface area contributed by atoms with E-state index in [-0.39, 0.29) is 23.2 Å². The van der Waals surface area contributed by atoms with Crippen LogP contribution in [-0.2, 0) is 14.8 Å². The van der Waals surface area contributed by atoms with Gasteiger partial charge in [0.15, 0.2) is 11.6 Å². The van der Waals surface area contributed by atoms with E-state index in [9.17, 15) is 17.6 Å². The van der Waals surface area contributed by atoms with Crippen molar-refractivity contribution in [1.29, 1.82) is 0 Å². The summed E-state index contributed by atoms with van der Waals surface area (Å²) in [4.78, 5) is 12.1. The quantitative estimate of drug-likeness (QED) is 0.600. The predicted octanol–water partition coefficient (Wildman–Crippen LogP) is 1.47. The lowest BCUT2D eigenvalue weighted by molar-refractivity contribution is -0.117. The molecule has 140 valence electrons. The average Bonchev–Trinajstić information content (AvgIpc) is 2.59. The standard InChI is InChI=1S/C17H20FN3O4S/c1-12(20-10-11-25-16-5-3-2-4-15(16)18)17(22)21-13-6-8-14(9-7-13)26(19,23)24/h2-9,12,20H,10-11H2,1H3,(H,21,22)(H2,19,23,24)/t12-/m1/s1. The molecule has 0 fully saturated rings. The van der Waals surface area contributed by atoms with Gasteiger partial charge in [0.2, 0.25) is 15.9 Å². The van der Waals surface area contributed by atoms with Gasteiger partial charge in [-0.05, 0) is 43.3 Å². The molecule has 2 rings (SSSR count). The lowest BCUT2D eigenvalue weighted by Gasteiger charge is -2.15. The van der Waals surface area contributed by atoms with Crippen molar-refractivity contribution in [2.45, 2.75) is 17.9 Å². The smallest absolute Gasteiger partial charge is 0.241 e. The molecule has 1 atom stereocenters. The van der Waals surface area contributed by atoms with Crippen LogP contribution in [0.25, 0.3) is 0 Å². The fourth-order valence-corrected chi connectivity index (χ4v) is 2.58. The maximum absolute atomic E-state index is 13.4. The second-order valence-corrected chi connectivity index (χ2v) is 7.07. The molecular formula is C17H20FN3O4S. The fourth-order valence-electron chi connectivity index (χ4n) is 2.07. The van der Waals surface area contributed by atoms with Crippen LogP contribution in [0.4, 0.5) is 10.1 Å². The normalized spacial score (nSPS) is 12.4. The Bertz CT molecular complexity index is 857. The summed E-state index contributed by atoms with van der Waals surface area (Å²) in [5.41, 5.74) is 0.443. The van der Waals surface area contributed by atoms with Gasteiger partial charge in [-0.25, -0.2) is 17.9 Å². The number of hydrogen-bond acceptors (Lipinski definition) is 5. The number of benzene rings is 2. The molecule has 0 aliphatic heterocycles. The fraction of sp³-hybridized carbons (Fsp3) is 0.235. The Morgan fingerprint density at radius 2 is 1.85 bits per heavy atom. The summed E-state index contributed by atoms with van der Waals surface area (Å²) in [5.74, 6) is -0.596. The zero-order valence-electron chi connectivity index (χ0n) is 14.1. The van der Waals surface area contributed by atoms with Gasteiger partial charge >= 0.3 is 0 Å². The highest BCUT2D eigenvalue weighted by atomic mass is 32.2. The molecule has 0 unspecified atom stereocenters. The Kier molecular flexibility index (Phi) is 6.67. The largest absolute Gasteiger partial charge is 0.489 e. The number of nitrogens with one attached hydrogen (secondary N) is 2. The summed E-state index contributed by atoms with van der Waals surface area (Å²) in [6.07, 6.45) is 0. The molecule has 0 spiro atoms. The Morgan fingerprint density at radius 1 is 1.19 bits per heavy atom. The number of primary sulfonamides is 1. The van der Waals surface area contributed by atoms with Crippen LogP contribution in [-0.4, -0.2) is 33.5 Å². The summed E-state index contributed by atoms with van der Waals surface area (Å²) in [7, 11) is -3.77. The number of hydrogen-bond donors (Lipinski definition) is 3. The van der Waals surface area contributed by atoms with Gasteiger partial charge in [-0.1, -0.05) is 12.1 Å². The first-order valence-corrected chi connectivity index (χ1v) is 9.36. The number of carbonyl (C=O) groups excluding carboxylic acids is 1. The molecule has 26 heavy (non-hydrogen) atoms. The van der Waals surface area contributed by atoms with Gasteiger partial charge in [0.1, 0.15) is 6.61 Å². The molecule has 7 nitrogen and oxygen atoms in total. The van der Waals surface area contributed by atoms with Crippen molar-refractivity contribution in [3.8, 4) is 5.75 Å². The van der Waals surface area contributed by atoms with Gasteiger partial charge in [0.25, 0.3) is 0 Å². The summed E-state index contributed by atoms with van der Waals surface area (Å²) in [6.45, 7) is 2.20. The third kappa shape index (κ3) is 5.80. The minimum atomic E-state index is -3.77. The van der Waals surface area contributed by atoms with Crippen molar-refractivity contribution in [3.63, 3.8) is 0 Å². The summed E-state index contributed by atoms with van der Waals surface area (Å²) in [5, 5.41) is 10.6. The van der Waals surface area contributed by atoms with Gasteiger partial charge in [0, 0.05) is 12.2 Å². The SMILES string of the molecule is C[C@@H](NCCOc1ccccc1F)C(=O)Nc1ccc(S(N)(=O)=O)cc1. The maximum atomic E-state index is 13.4. The summed E-state index contributed by atoms with van der Waals surface area (Å²) in [6, 6.07) is 11.1. The van der Waals surface area contributed by atoms with E-state index in [1.165, 1.54) is 36.4 Å². The van der Waals surface area contributed by atoms with Crippen molar-refractivity contribution in [3.05, 3.63) is 54.3 Å². The third-order valence-electron chi connectivity index (χ3n) is 3.49. The average molecular weight is 381 g/mol. The van der Waals surface area contributed by atoms with Crippen LogP contribution >= 0.6 is 0 Å². The molecule has 0 bridgehead atoms. The first-order chi connectivity index (χ1) is 12.3. The van der Waals surface area contributed by atoms with Crippen molar-refractivity contribution < 1.29 is 22.3 Å². The second kappa shape index (κ2) is 8.75. The van der Waals surface area contributed by atoms with Crippen molar-refractivity contribution in [2.75, 3.05) is 18.5 Å². The molecule has 0 radical (unpaired) electrons. The number of carbonyl (C=O) groups is 1. The van der Waals surface area contributed by atoms with Gasteiger partial charge in [-0.3, -0.25) is 4.79 Å². The van der Waals surface area contributed by atoms with Crippen LogP contribution in [0.3, 0.4) is 0 Å². The molecule has 4 N–H and O–H groups in total. The predicted molar refractivity (Wildman–Crippen MR) is 95.8 cm³/mol. The van der Waals surface area contributed by atoms with E-state index in [2.05, 4.69) is 10.6 Å². The first-order valence-electron chi connectivity index (χ1n) is 7.82. The number of rotatable bonds is 8. The number of ether oxygens (including phenoxy) is 1. The number of nitrogens with two attached hydrogens (primary N) is 1. The Morgan fingerprint density at radius 3 is 2.46 bits per heavy atom. The van der Waals surface area contributed by atoms with Gasteiger partial charge in [-0.15, -0.1) is 0 Å². The molecule has 0 aliphatic carbocycles. The van der Waals surface area contributed by atoms with Crippen molar-refractivity contribution in [1.82, 2.24) is 5.32 Å². The zero-order valence-corrected chi connectivity index (χ0v) is 14.9. The summed E-state index contributed by atoms with van der Waals surface area (Å²) >= 11 is 0. The summed E-state index contributed by atoms with van der Waals surface area (Å²) < 4.78 is 41.1. The highest BCUT2D eigenvalue weighted by molar-refractivity contribution is 7.89. The van der Waals surface area contributed by atoms with E-state index in [1.807, 2.05) is 0 Å². The van der Waals surface area contributed by atoms with Gasteiger partial charge < -0.3 is 15.4 Å². The lowest BCUT2D eigenvalue weighted by atomic mass is 10.2. The van der Waals surface area contributed by atoms with Crippen LogP contribution in [0.2, 0.25) is 0 Å². The van der Waals surface area contributed by atoms with Crippen LogP contribution in [0, 0.1) is 5.82 Å². The molecule has 0 aliphatic rings. The minimum absolute atomic E-state index is 0.0352. The number of para-hydroxylation sites is 1. The Balaban J connectivity index is 1.78. The molecule has 0 aromatic heterocycles. The van der Waals surface area contributed by atoms with Crippen LogP contribution in [0.15, 0.2) is 53.4 Å². The Hall–Kier alpha value is -2.49. The van der Waals surface area contributed by atoms with Crippen LogP contribution < -0.4 is 20.5 Å². The molecule has 2 aromatic carbocycles. The van der Waals surface area contributed by atoms with Gasteiger partial charge in [0.05, 0.1) is 10.9 Å². The minimum Gasteiger partial charge on any atom is -0.489 e. The molecule has 1 amide bonds. The topological polar surface area (TPSA) is 111 Å². The van der Waals surface area contributed by atoms with E-state index >= 15 is 0 Å². The second-order valence-electron chi connectivity index (χ2n) is 5.51. The number of sulfonamides is 1. The van der Waals surface area contributed by atoms with E-state index in [0.717, 1.165) is 0 Å².